The summed E-state index contributed by atoms with van der Waals surface area (Å²) in [6.45, 7) is 0.688. The molecule has 0 radical (unpaired) electrons. The molecule has 19 heavy (non-hydrogen) atoms. The van der Waals surface area contributed by atoms with Crippen LogP contribution in [0.3, 0.4) is 0 Å². The molecule has 0 spiro atoms. The number of fused-ring (bicyclic) bond motifs is 1. The predicted octanol–water partition coefficient (Wildman–Crippen LogP) is 2.02. The first kappa shape index (κ1) is 12.1. The SMILES string of the molecule is NC1c2ccc(-c3ccccc3)cc2CNC1C=O. The van der Waals surface area contributed by atoms with Crippen LogP contribution in [0.2, 0.25) is 0 Å². The van der Waals surface area contributed by atoms with Crippen LogP contribution in [-0.2, 0) is 11.3 Å². The maximum absolute atomic E-state index is 10.9. The van der Waals surface area contributed by atoms with Crippen LogP contribution < -0.4 is 11.1 Å². The number of nitrogens with one attached hydrogen (secondary N) is 1. The van der Waals surface area contributed by atoms with E-state index in [-0.39, 0.29) is 12.1 Å². The molecule has 0 amide bonds. The van der Waals surface area contributed by atoms with Gasteiger partial charge in [-0.15, -0.1) is 0 Å². The third kappa shape index (κ3) is 2.18. The monoisotopic (exact) mass is 252 g/mol. The van der Waals surface area contributed by atoms with E-state index in [9.17, 15) is 4.79 Å². The molecule has 1 aliphatic heterocycles. The van der Waals surface area contributed by atoms with Gasteiger partial charge in [0.2, 0.25) is 0 Å². The average Bonchev–Trinajstić information content (AvgIpc) is 2.48. The molecule has 0 fully saturated rings. The Kier molecular flexibility index (Phi) is 3.15. The highest BCUT2D eigenvalue weighted by atomic mass is 16.1. The topological polar surface area (TPSA) is 55.1 Å². The molecule has 2 aromatic rings. The third-order valence-corrected chi connectivity index (χ3v) is 3.67. The van der Waals surface area contributed by atoms with E-state index in [1.54, 1.807) is 0 Å². The van der Waals surface area contributed by atoms with E-state index in [1.807, 2.05) is 24.3 Å². The van der Waals surface area contributed by atoms with Gasteiger partial charge >= 0.3 is 0 Å². The third-order valence-electron chi connectivity index (χ3n) is 3.67. The van der Waals surface area contributed by atoms with Gasteiger partial charge in [-0.25, -0.2) is 0 Å². The Labute approximate surface area is 112 Å². The molecule has 0 bridgehead atoms. The lowest BCUT2D eigenvalue weighted by molar-refractivity contribution is -0.110. The minimum absolute atomic E-state index is 0.258. The van der Waals surface area contributed by atoms with E-state index >= 15 is 0 Å². The van der Waals surface area contributed by atoms with E-state index in [4.69, 9.17) is 5.73 Å². The lowest BCUT2D eigenvalue weighted by atomic mass is 9.89. The van der Waals surface area contributed by atoms with E-state index < -0.39 is 0 Å². The molecule has 2 unspecified atom stereocenters. The van der Waals surface area contributed by atoms with Gasteiger partial charge in [-0.3, -0.25) is 0 Å². The summed E-state index contributed by atoms with van der Waals surface area (Å²) >= 11 is 0. The predicted molar refractivity (Wildman–Crippen MR) is 75.5 cm³/mol. The summed E-state index contributed by atoms with van der Waals surface area (Å²) in [6.07, 6.45) is 0.888. The van der Waals surface area contributed by atoms with Crippen molar-refractivity contribution in [2.24, 2.45) is 5.73 Å². The maximum atomic E-state index is 10.9. The number of hydrogen-bond acceptors (Lipinski definition) is 3. The number of carbonyl (C=O) groups is 1. The Morgan fingerprint density at radius 2 is 1.89 bits per heavy atom. The Morgan fingerprint density at radius 1 is 1.11 bits per heavy atom. The largest absolute Gasteiger partial charge is 0.322 e. The molecule has 0 aliphatic carbocycles. The van der Waals surface area contributed by atoms with Crippen LogP contribution in [0.1, 0.15) is 17.2 Å². The minimum Gasteiger partial charge on any atom is -0.322 e. The van der Waals surface area contributed by atoms with Crippen molar-refractivity contribution in [3.05, 3.63) is 59.7 Å². The fraction of sp³-hybridized carbons (Fsp3) is 0.188. The summed E-state index contributed by atoms with van der Waals surface area (Å²) in [7, 11) is 0. The summed E-state index contributed by atoms with van der Waals surface area (Å²) in [5.41, 5.74) is 10.7. The molecular formula is C16H16N2O. The van der Waals surface area contributed by atoms with Crippen molar-refractivity contribution < 1.29 is 4.79 Å². The van der Waals surface area contributed by atoms with Crippen LogP contribution in [0.25, 0.3) is 11.1 Å². The van der Waals surface area contributed by atoms with Gasteiger partial charge in [-0.2, -0.15) is 0 Å². The van der Waals surface area contributed by atoms with E-state index in [2.05, 4.69) is 29.6 Å². The van der Waals surface area contributed by atoms with Crippen molar-refractivity contribution in [2.75, 3.05) is 0 Å². The lowest BCUT2D eigenvalue weighted by Gasteiger charge is -2.29. The van der Waals surface area contributed by atoms with Crippen molar-refractivity contribution in [1.82, 2.24) is 5.32 Å². The van der Waals surface area contributed by atoms with E-state index in [1.165, 1.54) is 16.7 Å². The van der Waals surface area contributed by atoms with Gasteiger partial charge in [0.25, 0.3) is 0 Å². The zero-order chi connectivity index (χ0) is 13.2. The minimum atomic E-state index is -0.282. The van der Waals surface area contributed by atoms with E-state index in [0.717, 1.165) is 11.8 Å². The molecule has 96 valence electrons. The van der Waals surface area contributed by atoms with E-state index in [0.29, 0.717) is 6.54 Å². The zero-order valence-corrected chi connectivity index (χ0v) is 10.5. The molecule has 2 atom stereocenters. The van der Waals surface area contributed by atoms with Crippen molar-refractivity contribution in [2.45, 2.75) is 18.6 Å². The number of benzene rings is 2. The smallest absolute Gasteiger partial charge is 0.138 e. The Morgan fingerprint density at radius 3 is 2.63 bits per heavy atom. The Bertz CT molecular complexity index is 595. The number of carbonyl (C=O) groups excluding carboxylic acids is 1. The highest BCUT2D eigenvalue weighted by Gasteiger charge is 2.25. The van der Waals surface area contributed by atoms with Crippen molar-refractivity contribution in [1.29, 1.82) is 0 Å². The summed E-state index contributed by atoms with van der Waals surface area (Å²) in [5.74, 6) is 0. The first-order valence-corrected chi connectivity index (χ1v) is 6.42. The summed E-state index contributed by atoms with van der Waals surface area (Å²) in [5, 5.41) is 3.16. The standard InChI is InChI=1S/C16H16N2O/c17-16-14-7-6-12(11-4-2-1-3-5-11)8-13(14)9-18-15(16)10-19/h1-8,10,15-16,18H,9,17H2. The zero-order valence-electron chi connectivity index (χ0n) is 10.5. The molecule has 3 nitrogen and oxygen atoms in total. The molecule has 3 rings (SSSR count). The van der Waals surface area contributed by atoms with Crippen molar-refractivity contribution >= 4 is 6.29 Å². The molecule has 1 heterocycles. The molecule has 3 heteroatoms. The second-order valence-corrected chi connectivity index (χ2v) is 4.85. The molecule has 2 aromatic carbocycles. The molecule has 0 saturated heterocycles. The van der Waals surface area contributed by atoms with Gasteiger partial charge in [0, 0.05) is 6.54 Å². The van der Waals surface area contributed by atoms with Crippen LogP contribution in [0.15, 0.2) is 48.5 Å². The van der Waals surface area contributed by atoms with Crippen LogP contribution >= 0.6 is 0 Å². The molecular weight excluding hydrogens is 236 g/mol. The summed E-state index contributed by atoms with van der Waals surface area (Å²) in [4.78, 5) is 10.9. The first-order chi connectivity index (χ1) is 9.29. The van der Waals surface area contributed by atoms with Crippen LogP contribution in [-0.4, -0.2) is 12.3 Å². The fourth-order valence-corrected chi connectivity index (χ4v) is 2.58. The van der Waals surface area contributed by atoms with Gasteiger partial charge < -0.3 is 15.8 Å². The highest BCUT2D eigenvalue weighted by Crippen LogP contribution is 2.28. The summed E-state index contributed by atoms with van der Waals surface area (Å²) in [6, 6.07) is 16.0. The highest BCUT2D eigenvalue weighted by molar-refractivity contribution is 5.67. The lowest BCUT2D eigenvalue weighted by Crippen LogP contribution is -2.44. The molecule has 3 N–H and O–H groups in total. The second-order valence-electron chi connectivity index (χ2n) is 4.85. The molecule has 0 saturated carbocycles. The first-order valence-electron chi connectivity index (χ1n) is 6.42. The fourth-order valence-electron chi connectivity index (χ4n) is 2.58. The number of hydrogen-bond donors (Lipinski definition) is 2. The normalized spacial score (nSPS) is 21.7. The number of nitrogens with two attached hydrogens (primary N) is 1. The Balaban J connectivity index is 2.00. The van der Waals surface area contributed by atoms with Gasteiger partial charge in [0.1, 0.15) is 6.29 Å². The van der Waals surface area contributed by atoms with Gasteiger partial charge in [-0.05, 0) is 28.3 Å². The number of aldehydes is 1. The van der Waals surface area contributed by atoms with Gasteiger partial charge in [-0.1, -0.05) is 42.5 Å². The molecule has 0 aromatic heterocycles. The van der Waals surface area contributed by atoms with Gasteiger partial charge in [0.15, 0.2) is 0 Å². The maximum Gasteiger partial charge on any atom is 0.138 e. The number of rotatable bonds is 2. The Hall–Kier alpha value is -1.97. The summed E-state index contributed by atoms with van der Waals surface area (Å²) < 4.78 is 0. The van der Waals surface area contributed by atoms with Gasteiger partial charge in [0.05, 0.1) is 12.1 Å². The van der Waals surface area contributed by atoms with Crippen LogP contribution in [0.4, 0.5) is 0 Å². The van der Waals surface area contributed by atoms with Crippen LogP contribution in [0.5, 0.6) is 0 Å². The molecule has 1 aliphatic rings. The van der Waals surface area contributed by atoms with Crippen molar-refractivity contribution in [3.63, 3.8) is 0 Å². The second kappa shape index (κ2) is 4.96. The average molecular weight is 252 g/mol. The van der Waals surface area contributed by atoms with Crippen molar-refractivity contribution in [3.8, 4) is 11.1 Å². The quantitative estimate of drug-likeness (QED) is 0.804. The van der Waals surface area contributed by atoms with Crippen LogP contribution in [0, 0.1) is 0 Å².